The lowest BCUT2D eigenvalue weighted by molar-refractivity contribution is 0.669. The van der Waals surface area contributed by atoms with Gasteiger partial charge >= 0.3 is 0 Å². The van der Waals surface area contributed by atoms with Crippen molar-refractivity contribution in [2.24, 2.45) is 0 Å². The van der Waals surface area contributed by atoms with Gasteiger partial charge in [0.15, 0.2) is 17.5 Å². The lowest BCUT2D eigenvalue weighted by atomic mass is 9.97. The van der Waals surface area contributed by atoms with Gasteiger partial charge in [-0.3, -0.25) is 0 Å². The van der Waals surface area contributed by atoms with Gasteiger partial charge in [-0.1, -0.05) is 140 Å². The van der Waals surface area contributed by atoms with Crippen LogP contribution in [0.25, 0.3) is 106 Å². The Morgan fingerprint density at radius 1 is 0.339 bits per heavy atom. The molecule has 3 aromatic heterocycles. The first-order valence-corrected chi connectivity index (χ1v) is 18.8. The number of fused-ring (bicyclic) bond motifs is 6. The maximum absolute atomic E-state index is 6.62. The van der Waals surface area contributed by atoms with Gasteiger partial charge in [0.2, 0.25) is 0 Å². The number of nitrogens with zero attached hydrogens (tertiary/aromatic N) is 4. The van der Waals surface area contributed by atoms with Crippen molar-refractivity contribution in [3.63, 3.8) is 0 Å². The zero-order chi connectivity index (χ0) is 37.0. The van der Waals surface area contributed by atoms with Gasteiger partial charge in [0.1, 0.15) is 11.2 Å². The largest absolute Gasteiger partial charge is 0.456 e. The molecule has 0 fully saturated rings. The summed E-state index contributed by atoms with van der Waals surface area (Å²) in [5, 5.41) is 4.56. The molecule has 0 spiro atoms. The number of rotatable bonds is 6. The second kappa shape index (κ2) is 13.0. The van der Waals surface area contributed by atoms with Crippen molar-refractivity contribution >= 4 is 43.7 Å². The van der Waals surface area contributed by atoms with Crippen LogP contribution in [0.4, 0.5) is 0 Å². The van der Waals surface area contributed by atoms with E-state index in [1.807, 2.05) is 42.5 Å². The Hall–Kier alpha value is -7.63. The Morgan fingerprint density at radius 3 is 1.71 bits per heavy atom. The summed E-state index contributed by atoms with van der Waals surface area (Å²) in [6.07, 6.45) is 0. The highest BCUT2D eigenvalue weighted by Gasteiger charge is 2.19. The van der Waals surface area contributed by atoms with Gasteiger partial charge in [0.05, 0.1) is 11.0 Å². The van der Waals surface area contributed by atoms with E-state index in [1.54, 1.807) is 0 Å². The Kier molecular flexibility index (Phi) is 7.42. The molecule has 0 N–H and O–H groups in total. The third-order valence-corrected chi connectivity index (χ3v) is 10.6. The number of hydrogen-bond acceptors (Lipinski definition) is 4. The molecule has 0 saturated heterocycles. The topological polar surface area (TPSA) is 56.7 Å². The van der Waals surface area contributed by atoms with Gasteiger partial charge in [-0.25, -0.2) is 15.0 Å². The van der Waals surface area contributed by atoms with Gasteiger partial charge in [0.25, 0.3) is 0 Å². The quantitative estimate of drug-likeness (QED) is 0.172. The maximum atomic E-state index is 6.62. The number of benzene rings is 8. The molecule has 0 radical (unpaired) electrons. The van der Waals surface area contributed by atoms with Crippen LogP contribution in [0.2, 0.25) is 0 Å². The van der Waals surface area contributed by atoms with Crippen molar-refractivity contribution in [2.45, 2.75) is 0 Å². The summed E-state index contributed by atoms with van der Waals surface area (Å²) in [5.41, 5.74) is 12.3. The molecule has 0 aliphatic rings. The second-order valence-electron chi connectivity index (χ2n) is 14.0. The van der Waals surface area contributed by atoms with Crippen LogP contribution in [0.3, 0.4) is 0 Å². The molecular weight excluding hydrogens is 685 g/mol. The van der Waals surface area contributed by atoms with Crippen molar-refractivity contribution in [1.29, 1.82) is 0 Å². The number of aromatic nitrogens is 4. The summed E-state index contributed by atoms with van der Waals surface area (Å²) in [7, 11) is 0. The van der Waals surface area contributed by atoms with Crippen LogP contribution < -0.4 is 0 Å². The van der Waals surface area contributed by atoms with E-state index < -0.39 is 0 Å². The van der Waals surface area contributed by atoms with Gasteiger partial charge in [-0.05, 0) is 76.9 Å². The standard InChI is InChI=1S/C51H32N4O/c1-4-14-33(15-5-1)35-18-12-19-37(30-35)50-52-49(34-16-6-2-7-17-34)53-51(54-50)38-26-28-42-47(32-38)56-46-25-13-23-40(48(42)46)36-27-29-45-43(31-36)41-22-10-11-24-44(41)55(45)39-20-8-3-9-21-39/h1-32H. The van der Waals surface area contributed by atoms with Crippen molar-refractivity contribution in [3.05, 3.63) is 194 Å². The van der Waals surface area contributed by atoms with Crippen molar-refractivity contribution in [1.82, 2.24) is 19.5 Å². The SMILES string of the molecule is c1ccc(-c2cccc(-c3nc(-c4ccccc4)nc(-c4ccc5c(c4)oc4cccc(-c6ccc7c(c6)c6ccccc6n7-c6ccccc6)c45)n3)c2)cc1. The average Bonchev–Trinajstić information content (AvgIpc) is 3.82. The van der Waals surface area contributed by atoms with Crippen molar-refractivity contribution in [2.75, 3.05) is 0 Å². The summed E-state index contributed by atoms with van der Waals surface area (Å²) in [6, 6.07) is 67.4. The van der Waals surface area contributed by atoms with Crippen LogP contribution in [0.15, 0.2) is 199 Å². The third kappa shape index (κ3) is 5.37. The fourth-order valence-electron chi connectivity index (χ4n) is 8.02. The second-order valence-corrected chi connectivity index (χ2v) is 14.0. The van der Waals surface area contributed by atoms with Gasteiger partial charge in [-0.15, -0.1) is 0 Å². The third-order valence-electron chi connectivity index (χ3n) is 10.6. The van der Waals surface area contributed by atoms with E-state index >= 15 is 0 Å². The van der Waals surface area contributed by atoms with Crippen LogP contribution in [-0.2, 0) is 0 Å². The lowest BCUT2D eigenvalue weighted by Gasteiger charge is -2.10. The molecule has 5 heteroatoms. The molecule has 0 bridgehead atoms. The molecule has 3 heterocycles. The first-order valence-electron chi connectivity index (χ1n) is 18.8. The molecule has 11 aromatic rings. The minimum absolute atomic E-state index is 0.585. The number of hydrogen-bond donors (Lipinski definition) is 0. The van der Waals surface area contributed by atoms with Gasteiger partial charge in [-0.2, -0.15) is 0 Å². The van der Waals surface area contributed by atoms with Crippen LogP contribution >= 0.6 is 0 Å². The monoisotopic (exact) mass is 716 g/mol. The molecule has 11 rings (SSSR count). The molecule has 0 aliphatic heterocycles. The summed E-state index contributed by atoms with van der Waals surface area (Å²) >= 11 is 0. The van der Waals surface area contributed by atoms with E-state index in [-0.39, 0.29) is 0 Å². The summed E-state index contributed by atoms with van der Waals surface area (Å²) < 4.78 is 8.96. The molecule has 56 heavy (non-hydrogen) atoms. The highest BCUT2D eigenvalue weighted by Crippen LogP contribution is 2.41. The Morgan fingerprint density at radius 2 is 0.929 bits per heavy atom. The normalized spacial score (nSPS) is 11.6. The molecule has 0 atom stereocenters. The molecule has 0 unspecified atom stereocenters. The molecule has 0 saturated carbocycles. The Bertz CT molecular complexity index is 3240. The van der Waals surface area contributed by atoms with E-state index in [0.717, 1.165) is 66.6 Å². The predicted octanol–water partition coefficient (Wildman–Crippen LogP) is 13.2. The highest BCUT2D eigenvalue weighted by atomic mass is 16.3. The first kappa shape index (κ1) is 31.9. The minimum atomic E-state index is 0.585. The summed E-state index contributed by atoms with van der Waals surface area (Å²) in [4.78, 5) is 15.1. The van der Waals surface area contributed by atoms with Crippen molar-refractivity contribution < 1.29 is 4.42 Å². The molecule has 5 nitrogen and oxygen atoms in total. The van der Waals surface area contributed by atoms with Gasteiger partial charge < -0.3 is 8.98 Å². The van der Waals surface area contributed by atoms with Crippen LogP contribution in [-0.4, -0.2) is 19.5 Å². The molecule has 262 valence electrons. The Labute approximate surface area is 322 Å². The van der Waals surface area contributed by atoms with Gasteiger partial charge in [0, 0.05) is 43.9 Å². The lowest BCUT2D eigenvalue weighted by Crippen LogP contribution is -2.00. The van der Waals surface area contributed by atoms with Crippen LogP contribution in [0.5, 0.6) is 0 Å². The fraction of sp³-hybridized carbons (Fsp3) is 0. The molecule has 0 aliphatic carbocycles. The van der Waals surface area contributed by atoms with E-state index in [2.05, 4.69) is 156 Å². The molecule has 8 aromatic carbocycles. The maximum Gasteiger partial charge on any atom is 0.164 e. The fourth-order valence-corrected chi connectivity index (χ4v) is 8.02. The van der Waals surface area contributed by atoms with E-state index in [0.29, 0.717) is 17.5 Å². The van der Waals surface area contributed by atoms with Crippen LogP contribution in [0.1, 0.15) is 0 Å². The number of furan rings is 1. The van der Waals surface area contributed by atoms with Crippen molar-refractivity contribution in [3.8, 4) is 62.1 Å². The smallest absolute Gasteiger partial charge is 0.164 e. The highest BCUT2D eigenvalue weighted by molar-refractivity contribution is 6.15. The molecular formula is C51H32N4O. The van der Waals surface area contributed by atoms with E-state index in [1.165, 1.54) is 21.8 Å². The zero-order valence-corrected chi connectivity index (χ0v) is 30.2. The first-order chi connectivity index (χ1) is 27.7. The number of para-hydroxylation sites is 2. The zero-order valence-electron chi connectivity index (χ0n) is 30.2. The van der Waals surface area contributed by atoms with E-state index in [4.69, 9.17) is 19.4 Å². The van der Waals surface area contributed by atoms with Crippen LogP contribution in [0, 0.1) is 0 Å². The molecule has 0 amide bonds. The van der Waals surface area contributed by atoms with E-state index in [9.17, 15) is 0 Å². The Balaban J connectivity index is 1.04. The summed E-state index contributed by atoms with van der Waals surface area (Å²) in [6.45, 7) is 0. The predicted molar refractivity (Wildman–Crippen MR) is 229 cm³/mol. The average molecular weight is 717 g/mol. The summed E-state index contributed by atoms with van der Waals surface area (Å²) in [5.74, 6) is 1.82. The minimum Gasteiger partial charge on any atom is -0.456 e.